The minimum absolute atomic E-state index is 0.0142. The quantitative estimate of drug-likeness (QED) is 0.480. The van der Waals surface area contributed by atoms with Gasteiger partial charge in [-0.1, -0.05) is 45.2 Å². The number of rotatable bonds is 12. The zero-order valence-corrected chi connectivity index (χ0v) is 18.4. The number of ether oxygens (including phenoxy) is 1. The number of nitrogens with two attached hydrogens (primary N) is 1. The van der Waals surface area contributed by atoms with Gasteiger partial charge in [-0.3, -0.25) is 19.1 Å². The molecule has 0 saturated carbocycles. The number of carbonyl (C=O) groups is 1. The number of benzene rings is 1. The van der Waals surface area contributed by atoms with E-state index in [4.69, 9.17) is 5.73 Å². The molecule has 0 radical (unpaired) electrons. The molecule has 0 saturated heterocycles. The first-order valence-corrected chi connectivity index (χ1v) is 10.7. The smallest absolute Gasteiger partial charge is 0.387 e. The normalized spacial score (nSPS) is 11.0. The number of nitrogen functional groups attached to an aromatic ring is 1. The van der Waals surface area contributed by atoms with Gasteiger partial charge in [-0.15, -0.1) is 0 Å². The molecule has 176 valence electrons. The molecule has 0 fully saturated rings. The first-order valence-electron chi connectivity index (χ1n) is 10.7. The second kappa shape index (κ2) is 12.0. The van der Waals surface area contributed by atoms with E-state index >= 15 is 0 Å². The van der Waals surface area contributed by atoms with Gasteiger partial charge >= 0.3 is 12.3 Å². The van der Waals surface area contributed by atoms with Gasteiger partial charge in [-0.25, -0.2) is 4.79 Å². The first kappa shape index (κ1) is 25.1. The van der Waals surface area contributed by atoms with Crippen molar-refractivity contribution in [3.05, 3.63) is 50.7 Å². The van der Waals surface area contributed by atoms with Crippen LogP contribution in [0.5, 0.6) is 5.75 Å². The van der Waals surface area contributed by atoms with Crippen molar-refractivity contribution in [1.29, 1.82) is 0 Å². The predicted octanol–water partition coefficient (Wildman–Crippen LogP) is 3.29. The number of alkyl halides is 2. The van der Waals surface area contributed by atoms with Crippen LogP contribution in [-0.4, -0.2) is 28.6 Å². The van der Waals surface area contributed by atoms with Crippen molar-refractivity contribution in [3.63, 3.8) is 0 Å². The summed E-state index contributed by atoms with van der Waals surface area (Å²) >= 11 is 0. The first-order chi connectivity index (χ1) is 15.3. The largest absolute Gasteiger partial charge is 0.435 e. The third-order valence-electron chi connectivity index (χ3n) is 5.01. The van der Waals surface area contributed by atoms with Gasteiger partial charge in [0.2, 0.25) is 5.91 Å². The summed E-state index contributed by atoms with van der Waals surface area (Å²) in [6, 6.07) is 5.72. The lowest BCUT2D eigenvalue weighted by Crippen LogP contribution is -2.42. The molecule has 8 nitrogen and oxygen atoms in total. The van der Waals surface area contributed by atoms with Crippen LogP contribution < -0.4 is 26.6 Å². The highest BCUT2D eigenvalue weighted by Crippen LogP contribution is 2.21. The van der Waals surface area contributed by atoms with E-state index in [2.05, 4.69) is 9.72 Å². The van der Waals surface area contributed by atoms with E-state index < -0.39 is 17.9 Å². The van der Waals surface area contributed by atoms with Crippen molar-refractivity contribution in [2.24, 2.45) is 0 Å². The van der Waals surface area contributed by atoms with Gasteiger partial charge in [0.25, 0.3) is 5.56 Å². The van der Waals surface area contributed by atoms with Crippen LogP contribution in [0.2, 0.25) is 0 Å². The van der Waals surface area contributed by atoms with E-state index in [0.29, 0.717) is 24.9 Å². The molecule has 0 aliphatic rings. The highest BCUT2D eigenvalue weighted by atomic mass is 19.3. The molecular formula is C22H30F2N4O4. The van der Waals surface area contributed by atoms with Crippen LogP contribution in [0.1, 0.15) is 51.5 Å². The number of aromatic nitrogens is 2. The molecule has 10 heteroatoms. The summed E-state index contributed by atoms with van der Waals surface area (Å²) in [4.78, 5) is 41.6. The Bertz CT molecular complexity index is 1000. The SMILES string of the molecule is CCCCCN(C(=O)Cc1ccc(OC(F)F)cc1)c1c(N)n(CCCC)c(=O)[nH]c1=O. The standard InChI is InChI=1S/C22H30F2N4O4/c1-3-5-7-13-27(17(29)14-15-8-10-16(11-9-15)32-21(23)24)18-19(25)28(12-6-4-2)22(31)26-20(18)30/h8-11,21H,3-7,12-14,25H2,1-2H3,(H,26,30,31). The molecule has 2 rings (SSSR count). The number of hydrogen-bond acceptors (Lipinski definition) is 5. The molecule has 1 aromatic heterocycles. The van der Waals surface area contributed by atoms with Crippen molar-refractivity contribution in [1.82, 2.24) is 9.55 Å². The van der Waals surface area contributed by atoms with E-state index in [1.165, 1.54) is 33.7 Å². The Morgan fingerprint density at radius 3 is 2.38 bits per heavy atom. The number of nitrogens with one attached hydrogen (secondary N) is 1. The lowest BCUT2D eigenvalue weighted by atomic mass is 10.1. The molecule has 1 aromatic carbocycles. The van der Waals surface area contributed by atoms with Crippen molar-refractivity contribution >= 4 is 17.4 Å². The summed E-state index contributed by atoms with van der Waals surface area (Å²) in [7, 11) is 0. The average molecular weight is 453 g/mol. The Labute approximate surface area is 185 Å². The van der Waals surface area contributed by atoms with Crippen LogP contribution in [0.15, 0.2) is 33.9 Å². The zero-order valence-electron chi connectivity index (χ0n) is 18.4. The summed E-state index contributed by atoms with van der Waals surface area (Å²) in [6.07, 6.45) is 3.84. The summed E-state index contributed by atoms with van der Waals surface area (Å²) < 4.78 is 30.3. The van der Waals surface area contributed by atoms with E-state index in [9.17, 15) is 23.2 Å². The molecule has 0 aliphatic carbocycles. The Morgan fingerprint density at radius 2 is 1.78 bits per heavy atom. The zero-order chi connectivity index (χ0) is 23.7. The van der Waals surface area contributed by atoms with E-state index in [1.807, 2.05) is 13.8 Å². The summed E-state index contributed by atoms with van der Waals surface area (Å²) in [6.45, 7) is 1.63. The van der Waals surface area contributed by atoms with E-state index in [0.717, 1.165) is 19.3 Å². The fraction of sp³-hybridized carbons (Fsp3) is 0.500. The number of anilines is 2. The Hall–Kier alpha value is -3.17. The van der Waals surface area contributed by atoms with Gasteiger partial charge in [0.05, 0.1) is 6.42 Å². The second-order valence-electron chi connectivity index (χ2n) is 7.45. The minimum atomic E-state index is -2.94. The van der Waals surface area contributed by atoms with Crippen LogP contribution >= 0.6 is 0 Å². The van der Waals surface area contributed by atoms with Crippen LogP contribution in [0.25, 0.3) is 0 Å². The Balaban J connectivity index is 2.36. The number of aromatic amines is 1. The van der Waals surface area contributed by atoms with Crippen molar-refractivity contribution in [2.45, 2.75) is 65.5 Å². The van der Waals surface area contributed by atoms with E-state index in [1.54, 1.807) is 0 Å². The van der Waals surface area contributed by atoms with Crippen LogP contribution in [0, 0.1) is 0 Å². The van der Waals surface area contributed by atoms with Gasteiger partial charge in [0.1, 0.15) is 11.6 Å². The molecule has 0 aliphatic heterocycles. The molecule has 2 aromatic rings. The van der Waals surface area contributed by atoms with Gasteiger partial charge in [0.15, 0.2) is 5.69 Å². The summed E-state index contributed by atoms with van der Waals surface area (Å²) in [5.74, 6) is -0.445. The number of H-pyrrole nitrogens is 1. The highest BCUT2D eigenvalue weighted by Gasteiger charge is 2.24. The number of unbranched alkanes of at least 4 members (excludes halogenated alkanes) is 3. The van der Waals surface area contributed by atoms with Crippen LogP contribution in [0.3, 0.4) is 0 Å². The predicted molar refractivity (Wildman–Crippen MR) is 119 cm³/mol. The maximum absolute atomic E-state index is 13.2. The lowest BCUT2D eigenvalue weighted by molar-refractivity contribution is -0.118. The van der Waals surface area contributed by atoms with Crippen molar-refractivity contribution in [3.8, 4) is 5.75 Å². The molecule has 32 heavy (non-hydrogen) atoms. The topological polar surface area (TPSA) is 110 Å². The minimum Gasteiger partial charge on any atom is -0.435 e. The third kappa shape index (κ3) is 6.66. The Morgan fingerprint density at radius 1 is 1.12 bits per heavy atom. The fourth-order valence-electron chi connectivity index (χ4n) is 3.32. The molecule has 0 spiro atoms. The molecule has 3 N–H and O–H groups in total. The maximum Gasteiger partial charge on any atom is 0.387 e. The summed E-state index contributed by atoms with van der Waals surface area (Å²) in [5.41, 5.74) is 5.38. The maximum atomic E-state index is 13.2. The molecular weight excluding hydrogens is 422 g/mol. The van der Waals surface area contributed by atoms with Crippen LogP contribution in [-0.2, 0) is 17.8 Å². The second-order valence-corrected chi connectivity index (χ2v) is 7.45. The monoisotopic (exact) mass is 452 g/mol. The van der Waals surface area contributed by atoms with Crippen molar-refractivity contribution in [2.75, 3.05) is 17.2 Å². The number of carbonyl (C=O) groups excluding carboxylic acids is 1. The Kier molecular flexibility index (Phi) is 9.42. The molecule has 1 heterocycles. The highest BCUT2D eigenvalue weighted by molar-refractivity contribution is 5.96. The lowest BCUT2D eigenvalue weighted by Gasteiger charge is -2.24. The van der Waals surface area contributed by atoms with Gasteiger partial charge < -0.3 is 15.4 Å². The van der Waals surface area contributed by atoms with Crippen molar-refractivity contribution < 1.29 is 18.3 Å². The average Bonchev–Trinajstić information content (AvgIpc) is 2.73. The van der Waals surface area contributed by atoms with Crippen LogP contribution in [0.4, 0.5) is 20.3 Å². The molecule has 0 atom stereocenters. The van der Waals surface area contributed by atoms with Gasteiger partial charge in [-0.05, 0) is 30.5 Å². The fourth-order valence-corrected chi connectivity index (χ4v) is 3.32. The third-order valence-corrected chi connectivity index (χ3v) is 5.01. The number of halogens is 2. The number of amides is 1. The van der Waals surface area contributed by atoms with E-state index in [-0.39, 0.29) is 36.1 Å². The molecule has 0 bridgehead atoms. The molecule has 0 unspecified atom stereocenters. The van der Waals surface area contributed by atoms with Gasteiger partial charge in [-0.2, -0.15) is 8.78 Å². The molecule has 1 amide bonds. The van der Waals surface area contributed by atoms with Gasteiger partial charge in [0, 0.05) is 13.1 Å². The number of nitrogens with zero attached hydrogens (tertiary/aromatic N) is 2. The number of hydrogen-bond donors (Lipinski definition) is 2. The summed E-state index contributed by atoms with van der Waals surface area (Å²) in [5, 5.41) is 0.